The first-order chi connectivity index (χ1) is 10.2. The molecule has 3 rings (SSSR count). The van der Waals surface area contributed by atoms with Crippen LogP contribution in [-0.4, -0.2) is 31.8 Å². The molecule has 21 heavy (non-hydrogen) atoms. The fourth-order valence-corrected chi connectivity index (χ4v) is 3.64. The minimum atomic E-state index is -2.78. The molecule has 0 unspecified atom stereocenters. The van der Waals surface area contributed by atoms with Crippen LogP contribution in [-0.2, 0) is 0 Å². The van der Waals surface area contributed by atoms with Gasteiger partial charge < -0.3 is 15.0 Å². The number of ether oxygens (including phenoxy) is 1. The van der Waals surface area contributed by atoms with E-state index in [4.69, 9.17) is 0 Å². The normalized spacial score (nSPS) is 21.8. The number of nitrogens with one attached hydrogen (secondary N) is 1. The number of piperazine rings is 1. The maximum Gasteiger partial charge on any atom is 0.387 e. The molecule has 5 heteroatoms. The number of hydrogen-bond donors (Lipinski definition) is 1. The van der Waals surface area contributed by atoms with E-state index in [0.29, 0.717) is 0 Å². The van der Waals surface area contributed by atoms with E-state index in [1.165, 1.54) is 32.1 Å². The molecule has 0 bridgehead atoms. The molecule has 1 spiro atoms. The molecule has 1 aromatic carbocycles. The topological polar surface area (TPSA) is 24.5 Å². The largest absolute Gasteiger partial charge is 0.433 e. The molecule has 1 aromatic rings. The van der Waals surface area contributed by atoms with Gasteiger partial charge in [-0.05, 0) is 25.0 Å². The van der Waals surface area contributed by atoms with E-state index in [1.54, 1.807) is 12.1 Å². The molecule has 116 valence electrons. The Kier molecular flexibility index (Phi) is 4.29. The number of rotatable bonds is 3. The summed E-state index contributed by atoms with van der Waals surface area (Å²) in [5.41, 5.74) is 0.929. The van der Waals surface area contributed by atoms with Gasteiger partial charge in [-0.2, -0.15) is 8.78 Å². The van der Waals surface area contributed by atoms with Crippen LogP contribution >= 0.6 is 0 Å². The van der Waals surface area contributed by atoms with Gasteiger partial charge >= 0.3 is 6.61 Å². The summed E-state index contributed by atoms with van der Waals surface area (Å²) in [5, 5.41) is 3.66. The van der Waals surface area contributed by atoms with Crippen molar-refractivity contribution < 1.29 is 13.5 Å². The van der Waals surface area contributed by atoms with Gasteiger partial charge in [0.15, 0.2) is 0 Å². The molecule has 1 saturated carbocycles. The predicted molar refractivity (Wildman–Crippen MR) is 79.1 cm³/mol. The molecule has 3 nitrogen and oxygen atoms in total. The van der Waals surface area contributed by atoms with Crippen LogP contribution < -0.4 is 15.0 Å². The van der Waals surface area contributed by atoms with Gasteiger partial charge in [0, 0.05) is 25.2 Å². The van der Waals surface area contributed by atoms with Crippen LogP contribution in [0.4, 0.5) is 14.5 Å². The van der Waals surface area contributed by atoms with Crippen molar-refractivity contribution in [2.24, 2.45) is 0 Å². The van der Waals surface area contributed by atoms with Crippen LogP contribution in [0.1, 0.15) is 32.1 Å². The van der Waals surface area contributed by atoms with Crippen molar-refractivity contribution in [2.75, 3.05) is 24.5 Å². The van der Waals surface area contributed by atoms with Gasteiger partial charge in [-0.15, -0.1) is 0 Å². The fourth-order valence-electron chi connectivity index (χ4n) is 3.64. The molecule has 1 N–H and O–H groups in total. The Hall–Kier alpha value is -1.36. The van der Waals surface area contributed by atoms with Crippen molar-refractivity contribution >= 4 is 5.69 Å². The van der Waals surface area contributed by atoms with E-state index in [0.717, 1.165) is 25.3 Å². The third-order valence-electron chi connectivity index (χ3n) is 4.61. The quantitative estimate of drug-likeness (QED) is 0.925. The summed E-state index contributed by atoms with van der Waals surface area (Å²) in [6, 6.07) is 7.11. The maximum absolute atomic E-state index is 12.6. The van der Waals surface area contributed by atoms with Gasteiger partial charge in [-0.1, -0.05) is 31.4 Å². The van der Waals surface area contributed by atoms with Crippen LogP contribution in [0.2, 0.25) is 0 Å². The molecule has 2 aliphatic rings. The maximum atomic E-state index is 12.6. The first-order valence-corrected chi connectivity index (χ1v) is 7.72. The van der Waals surface area contributed by atoms with E-state index in [2.05, 4.69) is 15.0 Å². The highest BCUT2D eigenvalue weighted by Gasteiger charge is 2.36. The minimum Gasteiger partial charge on any atom is -0.433 e. The summed E-state index contributed by atoms with van der Waals surface area (Å²) in [5.74, 6) is 0.278. The first-order valence-electron chi connectivity index (χ1n) is 7.72. The van der Waals surface area contributed by atoms with E-state index in [1.807, 2.05) is 12.1 Å². The third-order valence-corrected chi connectivity index (χ3v) is 4.61. The van der Waals surface area contributed by atoms with E-state index >= 15 is 0 Å². The molecular weight excluding hydrogens is 274 g/mol. The van der Waals surface area contributed by atoms with Gasteiger partial charge in [0.05, 0.1) is 5.69 Å². The Morgan fingerprint density at radius 1 is 1.14 bits per heavy atom. The van der Waals surface area contributed by atoms with Crippen molar-refractivity contribution in [3.8, 4) is 5.75 Å². The van der Waals surface area contributed by atoms with Gasteiger partial charge in [0.25, 0.3) is 0 Å². The van der Waals surface area contributed by atoms with Crippen LogP contribution in [0.15, 0.2) is 24.3 Å². The fraction of sp³-hybridized carbons (Fsp3) is 0.625. The third kappa shape index (κ3) is 3.28. The summed E-state index contributed by atoms with van der Waals surface area (Å²) in [6.45, 7) is -0.192. The monoisotopic (exact) mass is 296 g/mol. The summed E-state index contributed by atoms with van der Waals surface area (Å²) < 4.78 is 29.8. The van der Waals surface area contributed by atoms with E-state index in [9.17, 15) is 8.78 Å². The summed E-state index contributed by atoms with van der Waals surface area (Å²) in [7, 11) is 0. The highest BCUT2D eigenvalue weighted by molar-refractivity contribution is 5.59. The van der Waals surface area contributed by atoms with Crippen molar-refractivity contribution in [2.45, 2.75) is 44.3 Å². The SMILES string of the molecule is FC(F)Oc1ccccc1N1CCNC2(CCCCC2)C1. The van der Waals surface area contributed by atoms with E-state index in [-0.39, 0.29) is 11.3 Å². The lowest BCUT2D eigenvalue weighted by Crippen LogP contribution is -2.61. The predicted octanol–water partition coefficient (Wildman–Crippen LogP) is 3.40. The molecule has 1 saturated heterocycles. The number of hydrogen-bond acceptors (Lipinski definition) is 3. The number of para-hydroxylation sites is 2. The number of benzene rings is 1. The Labute approximate surface area is 124 Å². The van der Waals surface area contributed by atoms with Crippen molar-refractivity contribution in [1.29, 1.82) is 0 Å². The second kappa shape index (κ2) is 6.18. The number of anilines is 1. The molecule has 1 aliphatic heterocycles. The average Bonchev–Trinajstić information content (AvgIpc) is 2.48. The highest BCUT2D eigenvalue weighted by atomic mass is 19.3. The van der Waals surface area contributed by atoms with Crippen molar-refractivity contribution in [1.82, 2.24) is 5.32 Å². The molecule has 0 aromatic heterocycles. The molecule has 1 heterocycles. The zero-order chi connectivity index (χ0) is 14.7. The zero-order valence-electron chi connectivity index (χ0n) is 12.2. The Morgan fingerprint density at radius 2 is 1.90 bits per heavy atom. The lowest BCUT2D eigenvalue weighted by molar-refractivity contribution is -0.0495. The molecule has 1 aliphatic carbocycles. The second-order valence-corrected chi connectivity index (χ2v) is 6.04. The van der Waals surface area contributed by atoms with Crippen molar-refractivity contribution in [3.05, 3.63) is 24.3 Å². The van der Waals surface area contributed by atoms with E-state index < -0.39 is 6.61 Å². The summed E-state index contributed by atoms with van der Waals surface area (Å²) >= 11 is 0. The molecule has 0 radical (unpaired) electrons. The van der Waals surface area contributed by atoms with Crippen LogP contribution in [0.5, 0.6) is 5.75 Å². The Bertz CT molecular complexity index is 470. The standard InChI is InChI=1S/C16H22F2N2O/c17-15(18)21-14-7-3-2-6-13(14)20-11-10-19-16(12-20)8-4-1-5-9-16/h2-3,6-7,15,19H,1,4-5,8-12H2. The molecule has 0 atom stereocenters. The highest BCUT2D eigenvalue weighted by Crippen LogP contribution is 2.35. The molecular formula is C16H22F2N2O. The second-order valence-electron chi connectivity index (χ2n) is 6.04. The van der Waals surface area contributed by atoms with Gasteiger partial charge in [-0.25, -0.2) is 0 Å². The number of nitrogens with zero attached hydrogens (tertiary/aromatic N) is 1. The Morgan fingerprint density at radius 3 is 2.67 bits per heavy atom. The van der Waals surface area contributed by atoms with Gasteiger partial charge in [-0.3, -0.25) is 0 Å². The lowest BCUT2D eigenvalue weighted by Gasteiger charge is -2.47. The summed E-state index contributed by atoms with van der Waals surface area (Å²) in [6.07, 6.45) is 6.13. The molecule has 2 fully saturated rings. The first kappa shape index (κ1) is 14.6. The van der Waals surface area contributed by atoms with Crippen LogP contribution in [0, 0.1) is 0 Å². The Balaban J connectivity index is 1.80. The summed E-state index contributed by atoms with van der Waals surface area (Å²) in [4.78, 5) is 2.19. The number of alkyl halides is 2. The van der Waals surface area contributed by atoms with Gasteiger partial charge in [0.2, 0.25) is 0 Å². The molecule has 0 amide bonds. The average molecular weight is 296 g/mol. The van der Waals surface area contributed by atoms with Crippen LogP contribution in [0.25, 0.3) is 0 Å². The zero-order valence-corrected chi connectivity index (χ0v) is 12.2. The minimum absolute atomic E-state index is 0.147. The smallest absolute Gasteiger partial charge is 0.387 e. The van der Waals surface area contributed by atoms with Gasteiger partial charge in [0.1, 0.15) is 5.75 Å². The number of halogens is 2. The van der Waals surface area contributed by atoms with Crippen molar-refractivity contribution in [3.63, 3.8) is 0 Å². The lowest BCUT2D eigenvalue weighted by atomic mass is 9.80. The van der Waals surface area contributed by atoms with Crippen LogP contribution in [0.3, 0.4) is 0 Å².